The first-order valence-corrected chi connectivity index (χ1v) is 5.79. The lowest BCUT2D eigenvalue weighted by Crippen LogP contribution is -2.38. The van der Waals surface area contributed by atoms with Gasteiger partial charge in [-0.2, -0.15) is 5.10 Å². The highest BCUT2D eigenvalue weighted by atomic mass is 16.3. The van der Waals surface area contributed by atoms with Crippen LogP contribution in [0.1, 0.15) is 18.2 Å². The van der Waals surface area contributed by atoms with E-state index in [9.17, 15) is 10.2 Å². The van der Waals surface area contributed by atoms with E-state index in [1.54, 1.807) is 0 Å². The fourth-order valence-corrected chi connectivity index (χ4v) is 1.85. The molecule has 0 aliphatic carbocycles. The molecular formula is C12H23N3O2. The highest BCUT2D eigenvalue weighted by Crippen LogP contribution is 2.17. The summed E-state index contributed by atoms with van der Waals surface area (Å²) in [5.41, 5.74) is 1.87. The van der Waals surface area contributed by atoms with Gasteiger partial charge < -0.3 is 15.1 Å². The second kappa shape index (κ2) is 5.62. The van der Waals surface area contributed by atoms with Crippen LogP contribution in [0.25, 0.3) is 0 Å². The van der Waals surface area contributed by atoms with Crippen molar-refractivity contribution in [3.8, 4) is 0 Å². The van der Waals surface area contributed by atoms with Gasteiger partial charge in [-0.1, -0.05) is 6.92 Å². The van der Waals surface area contributed by atoms with Crippen molar-refractivity contribution in [3.05, 3.63) is 17.5 Å². The molecule has 17 heavy (non-hydrogen) atoms. The van der Waals surface area contributed by atoms with E-state index < -0.39 is 5.41 Å². The summed E-state index contributed by atoms with van der Waals surface area (Å²) < 4.78 is 1.85. The Kier molecular flexibility index (Phi) is 4.68. The Labute approximate surface area is 103 Å². The SMILES string of the molecule is Cc1c(CN(C)CC(C)(CO)CO)cnn1C. The number of nitrogens with zero attached hydrogens (tertiary/aromatic N) is 3. The molecule has 0 aromatic carbocycles. The topological polar surface area (TPSA) is 61.5 Å². The normalized spacial score (nSPS) is 12.4. The zero-order chi connectivity index (χ0) is 13.1. The molecule has 5 heteroatoms. The Balaban J connectivity index is 2.61. The molecule has 1 aromatic rings. The lowest BCUT2D eigenvalue weighted by molar-refractivity contribution is 0.0401. The van der Waals surface area contributed by atoms with Crippen molar-refractivity contribution in [3.63, 3.8) is 0 Å². The van der Waals surface area contributed by atoms with Crippen molar-refractivity contribution in [2.75, 3.05) is 26.8 Å². The van der Waals surface area contributed by atoms with Gasteiger partial charge in [0.1, 0.15) is 0 Å². The van der Waals surface area contributed by atoms with Gasteiger partial charge in [-0.25, -0.2) is 0 Å². The van der Waals surface area contributed by atoms with E-state index in [2.05, 4.69) is 10.00 Å². The third kappa shape index (κ3) is 3.52. The Morgan fingerprint density at radius 2 is 2.00 bits per heavy atom. The quantitative estimate of drug-likeness (QED) is 0.744. The van der Waals surface area contributed by atoms with Gasteiger partial charge in [-0.3, -0.25) is 4.68 Å². The minimum atomic E-state index is -0.454. The van der Waals surface area contributed by atoms with Crippen molar-refractivity contribution in [1.29, 1.82) is 0 Å². The molecule has 5 nitrogen and oxygen atoms in total. The highest BCUT2D eigenvalue weighted by molar-refractivity contribution is 5.15. The first-order chi connectivity index (χ1) is 7.91. The number of aliphatic hydroxyl groups excluding tert-OH is 2. The molecule has 0 bridgehead atoms. The van der Waals surface area contributed by atoms with Crippen molar-refractivity contribution in [2.24, 2.45) is 12.5 Å². The molecule has 2 N–H and O–H groups in total. The van der Waals surface area contributed by atoms with E-state index in [0.717, 1.165) is 12.2 Å². The molecule has 0 saturated carbocycles. The summed E-state index contributed by atoms with van der Waals surface area (Å²) in [5.74, 6) is 0. The van der Waals surface area contributed by atoms with Crippen LogP contribution in [0.3, 0.4) is 0 Å². The third-order valence-electron chi connectivity index (χ3n) is 3.19. The van der Waals surface area contributed by atoms with Crippen molar-refractivity contribution in [1.82, 2.24) is 14.7 Å². The second-order valence-corrected chi connectivity index (χ2v) is 5.18. The van der Waals surface area contributed by atoms with Crippen LogP contribution in [0.4, 0.5) is 0 Å². The Morgan fingerprint density at radius 1 is 1.41 bits per heavy atom. The van der Waals surface area contributed by atoms with Crippen LogP contribution >= 0.6 is 0 Å². The van der Waals surface area contributed by atoms with E-state index in [1.165, 1.54) is 5.56 Å². The summed E-state index contributed by atoms with van der Waals surface area (Å²) in [6.45, 7) is 5.30. The average Bonchev–Trinajstić information content (AvgIpc) is 2.60. The Hall–Kier alpha value is -0.910. The maximum absolute atomic E-state index is 9.26. The van der Waals surface area contributed by atoms with Gasteiger partial charge in [-0.15, -0.1) is 0 Å². The molecule has 0 atom stereocenters. The second-order valence-electron chi connectivity index (χ2n) is 5.18. The largest absolute Gasteiger partial charge is 0.396 e. The van der Waals surface area contributed by atoms with Gasteiger partial charge in [0.05, 0.1) is 19.4 Å². The molecule has 0 fully saturated rings. The predicted molar refractivity (Wildman–Crippen MR) is 66.6 cm³/mol. The fourth-order valence-electron chi connectivity index (χ4n) is 1.85. The van der Waals surface area contributed by atoms with Crippen LogP contribution in [0, 0.1) is 12.3 Å². The molecule has 0 aliphatic heterocycles. The number of rotatable bonds is 6. The summed E-state index contributed by atoms with van der Waals surface area (Å²) in [6.07, 6.45) is 1.86. The number of aromatic nitrogens is 2. The van der Waals surface area contributed by atoms with Crippen molar-refractivity contribution >= 4 is 0 Å². The highest BCUT2D eigenvalue weighted by Gasteiger charge is 2.24. The maximum Gasteiger partial charge on any atom is 0.0537 e. The van der Waals surface area contributed by atoms with E-state index in [4.69, 9.17) is 0 Å². The van der Waals surface area contributed by atoms with Gasteiger partial charge in [0, 0.05) is 36.8 Å². The van der Waals surface area contributed by atoms with Crippen LogP contribution in [0.2, 0.25) is 0 Å². The molecule has 1 rings (SSSR count). The standard InChI is InChI=1S/C12H23N3O2/c1-10-11(5-13-15(10)4)6-14(3)7-12(2,8-16)9-17/h5,16-17H,6-9H2,1-4H3. The molecule has 0 aliphatic rings. The molecule has 1 heterocycles. The van der Waals surface area contributed by atoms with Crippen LogP contribution in [-0.4, -0.2) is 51.7 Å². The zero-order valence-corrected chi connectivity index (χ0v) is 11.1. The van der Waals surface area contributed by atoms with E-state index in [-0.39, 0.29) is 13.2 Å². The molecule has 0 unspecified atom stereocenters. The minimum absolute atomic E-state index is 0.0140. The molecular weight excluding hydrogens is 218 g/mol. The summed E-state index contributed by atoms with van der Waals surface area (Å²) in [5, 5.41) is 22.7. The number of hydrogen-bond acceptors (Lipinski definition) is 4. The molecule has 1 aromatic heterocycles. The zero-order valence-electron chi connectivity index (χ0n) is 11.1. The van der Waals surface area contributed by atoms with Gasteiger partial charge in [0.25, 0.3) is 0 Å². The fraction of sp³-hybridized carbons (Fsp3) is 0.750. The van der Waals surface area contributed by atoms with Crippen molar-refractivity contribution < 1.29 is 10.2 Å². The lowest BCUT2D eigenvalue weighted by Gasteiger charge is -2.30. The van der Waals surface area contributed by atoms with Gasteiger partial charge in [0.15, 0.2) is 0 Å². The summed E-state index contributed by atoms with van der Waals surface area (Å²) >= 11 is 0. The number of hydrogen-bond donors (Lipinski definition) is 2. The first-order valence-electron chi connectivity index (χ1n) is 5.79. The van der Waals surface area contributed by atoms with E-state index >= 15 is 0 Å². The molecule has 0 radical (unpaired) electrons. The number of aliphatic hydroxyl groups is 2. The van der Waals surface area contributed by atoms with Crippen LogP contribution in [-0.2, 0) is 13.6 Å². The Morgan fingerprint density at radius 3 is 2.41 bits per heavy atom. The van der Waals surface area contributed by atoms with Gasteiger partial charge in [0.2, 0.25) is 0 Å². The van der Waals surface area contributed by atoms with E-state index in [1.807, 2.05) is 38.8 Å². The third-order valence-corrected chi connectivity index (χ3v) is 3.19. The summed E-state index contributed by atoms with van der Waals surface area (Å²) in [4.78, 5) is 2.09. The monoisotopic (exact) mass is 241 g/mol. The average molecular weight is 241 g/mol. The van der Waals surface area contributed by atoms with Crippen LogP contribution in [0.5, 0.6) is 0 Å². The lowest BCUT2D eigenvalue weighted by atomic mass is 9.92. The smallest absolute Gasteiger partial charge is 0.0537 e. The van der Waals surface area contributed by atoms with Gasteiger partial charge in [-0.05, 0) is 14.0 Å². The Bertz CT molecular complexity index is 359. The summed E-state index contributed by atoms with van der Waals surface area (Å²) in [6, 6.07) is 0. The maximum atomic E-state index is 9.26. The van der Waals surface area contributed by atoms with Crippen LogP contribution in [0.15, 0.2) is 6.20 Å². The molecule has 98 valence electrons. The predicted octanol–water partition coefficient (Wildman–Crippen LogP) is 0.151. The summed E-state index contributed by atoms with van der Waals surface area (Å²) in [7, 11) is 3.90. The molecule has 0 amide bonds. The number of aryl methyl sites for hydroxylation is 1. The minimum Gasteiger partial charge on any atom is -0.396 e. The molecule has 0 spiro atoms. The van der Waals surface area contributed by atoms with E-state index in [0.29, 0.717) is 6.54 Å². The first kappa shape index (κ1) is 14.2. The molecule has 0 saturated heterocycles. The van der Waals surface area contributed by atoms with Crippen LogP contribution < -0.4 is 0 Å². The van der Waals surface area contributed by atoms with Gasteiger partial charge >= 0.3 is 0 Å². The van der Waals surface area contributed by atoms with Crippen molar-refractivity contribution in [2.45, 2.75) is 20.4 Å².